The highest BCUT2D eigenvalue weighted by molar-refractivity contribution is 7.89. The molecule has 0 radical (unpaired) electrons. The Bertz CT molecular complexity index is 1050. The number of benzene rings is 1. The number of ether oxygens (including phenoxy) is 1. The molecule has 10 heteroatoms. The first-order valence-electron chi connectivity index (χ1n) is 11.9. The number of likely N-dealkylation sites (N-methyl/N-ethyl adjacent to an activating group) is 1. The van der Waals surface area contributed by atoms with Gasteiger partial charge in [0.15, 0.2) is 5.03 Å². The lowest BCUT2D eigenvalue weighted by Crippen LogP contribution is -2.45. The van der Waals surface area contributed by atoms with E-state index in [-0.39, 0.29) is 22.9 Å². The fourth-order valence-corrected chi connectivity index (χ4v) is 5.95. The van der Waals surface area contributed by atoms with E-state index in [9.17, 15) is 13.2 Å². The van der Waals surface area contributed by atoms with Gasteiger partial charge >= 0.3 is 0 Å². The first-order chi connectivity index (χ1) is 16.2. The Morgan fingerprint density at radius 3 is 2.50 bits per heavy atom. The molecule has 1 aromatic carbocycles. The number of sulfonamides is 1. The number of piperidine rings is 1. The Morgan fingerprint density at radius 1 is 1.26 bits per heavy atom. The topological polar surface area (TPSA) is 96.8 Å². The summed E-state index contributed by atoms with van der Waals surface area (Å²) in [7, 11) is -0.228. The molecular weight excluding hydrogens is 454 g/mol. The third-order valence-electron chi connectivity index (χ3n) is 6.72. The molecule has 1 atom stereocenters. The lowest BCUT2D eigenvalue weighted by atomic mass is 9.97. The largest absolute Gasteiger partial charge is 0.497 e. The Balaban J connectivity index is 1.62. The number of hydrogen-bond donors (Lipinski definition) is 1. The molecule has 1 aliphatic heterocycles. The number of aryl methyl sites for hydroxylation is 2. The third kappa shape index (κ3) is 5.79. The zero-order chi connectivity index (χ0) is 24.9. The van der Waals surface area contributed by atoms with Gasteiger partial charge in [-0.25, -0.2) is 13.4 Å². The molecule has 2 heterocycles. The number of methoxy groups -OCH3 is 1. The molecule has 2 aromatic rings. The molecule has 1 fully saturated rings. The van der Waals surface area contributed by atoms with Crippen LogP contribution in [0.1, 0.15) is 44.1 Å². The average molecular weight is 492 g/mol. The van der Waals surface area contributed by atoms with Crippen molar-refractivity contribution in [3.63, 3.8) is 0 Å². The summed E-state index contributed by atoms with van der Waals surface area (Å²) in [5, 5.41) is 3.19. The van der Waals surface area contributed by atoms with Gasteiger partial charge in [-0.1, -0.05) is 26.0 Å². The van der Waals surface area contributed by atoms with E-state index < -0.39 is 10.0 Å². The monoisotopic (exact) mass is 491 g/mol. The molecule has 1 aromatic heterocycles. The maximum Gasteiger partial charge on any atom is 0.262 e. The molecule has 0 aliphatic carbocycles. The number of rotatable bonds is 10. The van der Waals surface area contributed by atoms with Crippen molar-refractivity contribution in [3.05, 3.63) is 41.9 Å². The van der Waals surface area contributed by atoms with Crippen molar-refractivity contribution >= 4 is 15.9 Å². The second-order valence-electron chi connectivity index (χ2n) is 8.67. The second-order valence-corrected chi connectivity index (χ2v) is 10.6. The molecule has 0 bridgehead atoms. The van der Waals surface area contributed by atoms with Crippen molar-refractivity contribution in [1.82, 2.24) is 24.1 Å². The van der Waals surface area contributed by atoms with E-state index in [4.69, 9.17) is 4.74 Å². The normalized spacial score (nSPS) is 16.5. The van der Waals surface area contributed by atoms with E-state index in [1.807, 2.05) is 18.2 Å². The Kier molecular flexibility index (Phi) is 8.72. The van der Waals surface area contributed by atoms with Crippen LogP contribution in [-0.2, 0) is 21.9 Å². The van der Waals surface area contributed by atoms with Gasteiger partial charge in [-0.15, -0.1) is 0 Å². The van der Waals surface area contributed by atoms with Crippen molar-refractivity contribution in [2.45, 2.75) is 44.7 Å². The average Bonchev–Trinajstić information content (AvgIpc) is 3.20. The SMILES string of the molecule is CCN(CC)C(CNC(=O)C1CCN(S(=O)(=O)c2cn(C)c(C)n2)CC1)c1cccc(OC)c1. The van der Waals surface area contributed by atoms with Gasteiger partial charge in [0.05, 0.1) is 13.2 Å². The summed E-state index contributed by atoms with van der Waals surface area (Å²) in [5.41, 5.74) is 1.09. The maximum atomic E-state index is 13.0. The molecule has 0 spiro atoms. The van der Waals surface area contributed by atoms with Gasteiger partial charge in [-0.05, 0) is 50.6 Å². The van der Waals surface area contributed by atoms with Crippen molar-refractivity contribution in [1.29, 1.82) is 0 Å². The van der Waals surface area contributed by atoms with Crippen LogP contribution in [0, 0.1) is 12.8 Å². The minimum absolute atomic E-state index is 0.0224. The minimum Gasteiger partial charge on any atom is -0.497 e. The zero-order valence-electron chi connectivity index (χ0n) is 20.8. The Hall–Kier alpha value is -2.43. The highest BCUT2D eigenvalue weighted by atomic mass is 32.2. The van der Waals surface area contributed by atoms with Crippen molar-refractivity contribution < 1.29 is 17.9 Å². The van der Waals surface area contributed by atoms with Gasteiger partial charge in [0.25, 0.3) is 10.0 Å². The zero-order valence-corrected chi connectivity index (χ0v) is 21.6. The predicted molar refractivity (Wildman–Crippen MR) is 131 cm³/mol. The van der Waals surface area contributed by atoms with Crippen LogP contribution >= 0.6 is 0 Å². The summed E-state index contributed by atoms with van der Waals surface area (Å²) < 4.78 is 34.4. The molecule has 1 unspecified atom stereocenters. The fourth-order valence-electron chi connectivity index (χ4n) is 4.45. The van der Waals surface area contributed by atoms with Gasteiger partial charge in [-0.3, -0.25) is 9.69 Å². The van der Waals surface area contributed by atoms with Crippen LogP contribution in [0.15, 0.2) is 35.5 Å². The van der Waals surface area contributed by atoms with Crippen LogP contribution in [0.4, 0.5) is 0 Å². The van der Waals surface area contributed by atoms with Crippen LogP contribution in [-0.4, -0.2) is 72.9 Å². The van der Waals surface area contributed by atoms with E-state index in [0.717, 1.165) is 24.4 Å². The number of nitrogens with one attached hydrogen (secondary N) is 1. The first kappa shape index (κ1) is 26.2. The van der Waals surface area contributed by atoms with E-state index in [2.05, 4.69) is 35.1 Å². The van der Waals surface area contributed by atoms with Crippen LogP contribution < -0.4 is 10.1 Å². The summed E-state index contributed by atoms with van der Waals surface area (Å²) in [6.45, 7) is 8.81. The number of amides is 1. The first-order valence-corrected chi connectivity index (χ1v) is 13.3. The molecule has 1 N–H and O–H groups in total. The predicted octanol–water partition coefficient (Wildman–Crippen LogP) is 2.34. The van der Waals surface area contributed by atoms with Crippen LogP contribution in [0.5, 0.6) is 5.75 Å². The standard InChI is InChI=1S/C24H37N5O4S/c1-6-28(7-2)22(20-9-8-10-21(15-20)33-5)16-25-24(30)19-11-13-29(14-12-19)34(31,32)23-17-27(4)18(3)26-23/h8-10,15,17,19,22H,6-7,11-14,16H2,1-5H3,(H,25,30). The Morgan fingerprint density at radius 2 is 1.94 bits per heavy atom. The second kappa shape index (κ2) is 11.3. The van der Waals surface area contributed by atoms with Gasteiger partial charge in [-0.2, -0.15) is 4.31 Å². The van der Waals surface area contributed by atoms with Crippen molar-refractivity contribution in [2.24, 2.45) is 13.0 Å². The number of hydrogen-bond acceptors (Lipinski definition) is 6. The molecule has 0 saturated carbocycles. The molecule has 1 amide bonds. The van der Waals surface area contributed by atoms with E-state index in [1.54, 1.807) is 25.6 Å². The summed E-state index contributed by atoms with van der Waals surface area (Å²) >= 11 is 0. The summed E-state index contributed by atoms with van der Waals surface area (Å²) in [4.78, 5) is 19.5. The van der Waals surface area contributed by atoms with Gasteiger partial charge in [0.1, 0.15) is 11.6 Å². The lowest BCUT2D eigenvalue weighted by molar-refractivity contribution is -0.126. The lowest BCUT2D eigenvalue weighted by Gasteiger charge is -2.32. The molecule has 3 rings (SSSR count). The quantitative estimate of drug-likeness (QED) is 0.548. The summed E-state index contributed by atoms with van der Waals surface area (Å²) in [6, 6.07) is 7.97. The molecule has 188 valence electrons. The van der Waals surface area contributed by atoms with Gasteiger partial charge < -0.3 is 14.6 Å². The highest BCUT2D eigenvalue weighted by Crippen LogP contribution is 2.26. The van der Waals surface area contributed by atoms with E-state index >= 15 is 0 Å². The number of aromatic nitrogens is 2. The van der Waals surface area contributed by atoms with Crippen molar-refractivity contribution in [3.8, 4) is 5.75 Å². The third-order valence-corrected chi connectivity index (χ3v) is 8.49. The fraction of sp³-hybridized carbons (Fsp3) is 0.583. The van der Waals surface area contributed by atoms with Crippen molar-refractivity contribution in [2.75, 3.05) is 39.8 Å². The molecule has 34 heavy (non-hydrogen) atoms. The smallest absolute Gasteiger partial charge is 0.262 e. The van der Waals surface area contributed by atoms with Crippen LogP contribution in [0.25, 0.3) is 0 Å². The molecule has 1 saturated heterocycles. The molecular formula is C24H37N5O4S. The number of carbonyl (C=O) groups is 1. The van der Waals surface area contributed by atoms with Gasteiger partial charge in [0, 0.05) is 38.8 Å². The number of imidazole rings is 1. The minimum atomic E-state index is -3.65. The summed E-state index contributed by atoms with van der Waals surface area (Å²) in [6.07, 6.45) is 2.52. The molecule has 9 nitrogen and oxygen atoms in total. The van der Waals surface area contributed by atoms with E-state index in [1.165, 1.54) is 10.5 Å². The highest BCUT2D eigenvalue weighted by Gasteiger charge is 2.34. The maximum absolute atomic E-state index is 13.0. The Labute approximate surface area is 203 Å². The van der Waals surface area contributed by atoms with Gasteiger partial charge in [0.2, 0.25) is 5.91 Å². The molecule has 1 aliphatic rings. The summed E-state index contributed by atoms with van der Waals surface area (Å²) in [5.74, 6) is 1.20. The number of carbonyl (C=O) groups excluding carboxylic acids is 1. The number of nitrogens with zero attached hydrogens (tertiary/aromatic N) is 4. The van der Waals surface area contributed by atoms with Crippen LogP contribution in [0.3, 0.4) is 0 Å². The van der Waals surface area contributed by atoms with E-state index in [0.29, 0.717) is 38.3 Å². The van der Waals surface area contributed by atoms with Crippen LogP contribution in [0.2, 0.25) is 0 Å².